The summed E-state index contributed by atoms with van der Waals surface area (Å²) in [6.07, 6.45) is 0. The van der Waals surface area contributed by atoms with Crippen LogP contribution in [-0.2, 0) is 12.1 Å². The highest BCUT2D eigenvalue weighted by atomic mass is 16.2. The number of amides is 2. The minimum Gasteiger partial charge on any atom is -0.329 e. The molecular formula is C29H30N2O. The lowest BCUT2D eigenvalue weighted by Gasteiger charge is -2.30. The van der Waals surface area contributed by atoms with Gasteiger partial charge in [-0.3, -0.25) is 0 Å². The molecule has 2 amide bonds. The van der Waals surface area contributed by atoms with Crippen LogP contribution in [0.4, 0.5) is 4.79 Å². The van der Waals surface area contributed by atoms with Gasteiger partial charge in [-0.2, -0.15) is 0 Å². The smallest absolute Gasteiger partial charge is 0.318 e. The van der Waals surface area contributed by atoms with E-state index in [9.17, 15) is 4.79 Å². The van der Waals surface area contributed by atoms with E-state index < -0.39 is 5.54 Å². The fraction of sp³-hybridized carbons (Fsp3) is 0.207. The molecule has 0 radical (unpaired) electrons. The number of hydrogen-bond donors (Lipinski definition) is 1. The van der Waals surface area contributed by atoms with Crippen molar-refractivity contribution in [1.82, 2.24) is 10.2 Å². The van der Waals surface area contributed by atoms with Crippen LogP contribution < -0.4 is 5.32 Å². The van der Waals surface area contributed by atoms with E-state index in [1.54, 1.807) is 4.90 Å². The second-order valence-corrected chi connectivity index (χ2v) is 9.07. The zero-order chi connectivity index (χ0) is 22.9. The monoisotopic (exact) mass is 422 g/mol. The Morgan fingerprint density at radius 2 is 1.50 bits per heavy atom. The standard InChI is InChI=1S/C29H30N2O/c1-20(2)21-13-10-14-24(18-21)29(3,4)30-28(32)31(5)19-27-25-15-8-6-11-22(25)17-23-12-7-9-16-26(23)27/h6-18H,1,19H2,2-5H3,(H,30,32). The average Bonchev–Trinajstić information content (AvgIpc) is 2.78. The van der Waals surface area contributed by atoms with E-state index in [1.807, 2.05) is 46.0 Å². The largest absolute Gasteiger partial charge is 0.329 e. The summed E-state index contributed by atoms with van der Waals surface area (Å²) in [7, 11) is 1.85. The molecule has 3 nitrogen and oxygen atoms in total. The Kier molecular flexibility index (Phi) is 5.75. The van der Waals surface area contributed by atoms with Crippen LogP contribution in [0.1, 0.15) is 37.5 Å². The molecular weight excluding hydrogens is 392 g/mol. The maximum atomic E-state index is 13.2. The van der Waals surface area contributed by atoms with Gasteiger partial charge in [-0.05, 0) is 71.1 Å². The van der Waals surface area contributed by atoms with Crippen LogP contribution in [-0.4, -0.2) is 18.0 Å². The molecule has 0 atom stereocenters. The third-order valence-electron chi connectivity index (χ3n) is 6.12. The number of allylic oxidation sites excluding steroid dienone is 1. The molecule has 0 spiro atoms. The molecule has 4 aromatic carbocycles. The van der Waals surface area contributed by atoms with Crippen LogP contribution in [0.25, 0.3) is 27.1 Å². The predicted molar refractivity (Wildman–Crippen MR) is 136 cm³/mol. The van der Waals surface area contributed by atoms with Gasteiger partial charge in [0.2, 0.25) is 0 Å². The zero-order valence-electron chi connectivity index (χ0n) is 19.3. The molecule has 32 heavy (non-hydrogen) atoms. The SMILES string of the molecule is C=C(C)c1cccc(C(C)(C)NC(=O)N(C)Cc2c3ccccc3cc3ccccc23)c1. The van der Waals surface area contributed by atoms with Crippen molar-refractivity contribution in [3.8, 4) is 0 Å². The zero-order valence-corrected chi connectivity index (χ0v) is 19.3. The first kappa shape index (κ1) is 21.6. The molecule has 0 aromatic heterocycles. The van der Waals surface area contributed by atoms with E-state index in [2.05, 4.69) is 72.6 Å². The van der Waals surface area contributed by atoms with Gasteiger partial charge in [-0.25, -0.2) is 4.79 Å². The van der Waals surface area contributed by atoms with Gasteiger partial charge in [0.25, 0.3) is 0 Å². The Labute approximate surface area is 190 Å². The third-order valence-corrected chi connectivity index (χ3v) is 6.12. The fourth-order valence-corrected chi connectivity index (χ4v) is 4.20. The van der Waals surface area contributed by atoms with Gasteiger partial charge in [0.15, 0.2) is 0 Å². The molecule has 0 aliphatic heterocycles. The van der Waals surface area contributed by atoms with Crippen molar-refractivity contribution in [2.24, 2.45) is 0 Å². The van der Waals surface area contributed by atoms with Crippen LogP contribution in [0.3, 0.4) is 0 Å². The highest BCUT2D eigenvalue weighted by Gasteiger charge is 2.25. The number of rotatable bonds is 5. The fourth-order valence-electron chi connectivity index (χ4n) is 4.20. The Morgan fingerprint density at radius 1 is 0.906 bits per heavy atom. The summed E-state index contributed by atoms with van der Waals surface area (Å²) in [6, 6.07) is 27.1. The molecule has 3 heteroatoms. The number of urea groups is 1. The third kappa shape index (κ3) is 4.24. The maximum Gasteiger partial charge on any atom is 0.318 e. The van der Waals surface area contributed by atoms with Crippen molar-refractivity contribution in [3.05, 3.63) is 102 Å². The molecule has 0 bridgehead atoms. The minimum absolute atomic E-state index is 0.104. The van der Waals surface area contributed by atoms with Gasteiger partial charge in [0.05, 0.1) is 5.54 Å². The number of nitrogens with one attached hydrogen (secondary N) is 1. The molecule has 4 aromatic rings. The van der Waals surface area contributed by atoms with Crippen molar-refractivity contribution in [3.63, 3.8) is 0 Å². The summed E-state index contributed by atoms with van der Waals surface area (Å²) in [5, 5.41) is 7.95. The van der Waals surface area contributed by atoms with E-state index in [0.717, 1.165) is 16.7 Å². The van der Waals surface area contributed by atoms with Gasteiger partial charge in [0, 0.05) is 13.6 Å². The van der Waals surface area contributed by atoms with Crippen molar-refractivity contribution in [1.29, 1.82) is 0 Å². The second-order valence-electron chi connectivity index (χ2n) is 9.07. The van der Waals surface area contributed by atoms with Crippen molar-refractivity contribution >= 4 is 33.1 Å². The number of carbonyl (C=O) groups excluding carboxylic acids is 1. The summed E-state index contributed by atoms with van der Waals surface area (Å²) in [5.74, 6) is 0. The number of benzene rings is 4. The van der Waals surface area contributed by atoms with Gasteiger partial charge in [-0.1, -0.05) is 78.9 Å². The van der Waals surface area contributed by atoms with E-state index in [4.69, 9.17) is 0 Å². The van der Waals surface area contributed by atoms with Crippen LogP contribution in [0.15, 0.2) is 85.4 Å². The molecule has 0 saturated carbocycles. The van der Waals surface area contributed by atoms with Crippen molar-refractivity contribution < 1.29 is 4.79 Å². The summed E-state index contributed by atoms with van der Waals surface area (Å²) in [5.41, 5.74) is 3.79. The summed E-state index contributed by atoms with van der Waals surface area (Å²) >= 11 is 0. The lowest BCUT2D eigenvalue weighted by atomic mass is 9.92. The first-order valence-corrected chi connectivity index (χ1v) is 11.0. The summed E-state index contributed by atoms with van der Waals surface area (Å²) in [6.45, 7) is 10.6. The first-order chi connectivity index (χ1) is 15.3. The molecule has 0 aliphatic carbocycles. The number of fused-ring (bicyclic) bond motifs is 2. The molecule has 162 valence electrons. The lowest BCUT2D eigenvalue weighted by Crippen LogP contribution is -2.46. The minimum atomic E-state index is -0.516. The Hall–Kier alpha value is -3.59. The molecule has 0 unspecified atom stereocenters. The van der Waals surface area contributed by atoms with Gasteiger partial charge in [0.1, 0.15) is 0 Å². The van der Waals surface area contributed by atoms with Crippen molar-refractivity contribution in [2.45, 2.75) is 32.9 Å². The summed E-state index contributed by atoms with van der Waals surface area (Å²) in [4.78, 5) is 15.0. The quantitative estimate of drug-likeness (QED) is 0.342. The second kappa shape index (κ2) is 8.51. The van der Waals surface area contributed by atoms with Crippen LogP contribution in [0.5, 0.6) is 0 Å². The molecule has 1 N–H and O–H groups in total. The van der Waals surface area contributed by atoms with Crippen LogP contribution in [0, 0.1) is 0 Å². The van der Waals surface area contributed by atoms with Crippen LogP contribution >= 0.6 is 0 Å². The van der Waals surface area contributed by atoms with E-state index in [0.29, 0.717) is 6.54 Å². The van der Waals surface area contributed by atoms with Crippen molar-refractivity contribution in [2.75, 3.05) is 7.05 Å². The van der Waals surface area contributed by atoms with E-state index in [1.165, 1.54) is 27.1 Å². The Morgan fingerprint density at radius 3 is 2.09 bits per heavy atom. The molecule has 0 saturated heterocycles. The Balaban J connectivity index is 1.62. The van der Waals surface area contributed by atoms with Gasteiger partial charge in [-0.15, -0.1) is 0 Å². The summed E-state index contributed by atoms with van der Waals surface area (Å²) < 4.78 is 0. The highest BCUT2D eigenvalue weighted by Crippen LogP contribution is 2.30. The molecule has 0 aliphatic rings. The molecule has 0 fully saturated rings. The molecule has 0 heterocycles. The highest BCUT2D eigenvalue weighted by molar-refractivity contribution is 6.02. The predicted octanol–water partition coefficient (Wildman–Crippen LogP) is 7.10. The number of nitrogens with zero attached hydrogens (tertiary/aromatic N) is 1. The topological polar surface area (TPSA) is 32.3 Å². The van der Waals surface area contributed by atoms with Crippen LogP contribution in [0.2, 0.25) is 0 Å². The van der Waals surface area contributed by atoms with Gasteiger partial charge >= 0.3 is 6.03 Å². The van der Waals surface area contributed by atoms with E-state index >= 15 is 0 Å². The molecule has 4 rings (SSSR count). The average molecular weight is 423 g/mol. The normalized spacial score (nSPS) is 11.5. The first-order valence-electron chi connectivity index (χ1n) is 11.0. The lowest BCUT2D eigenvalue weighted by molar-refractivity contribution is 0.195. The van der Waals surface area contributed by atoms with E-state index in [-0.39, 0.29) is 6.03 Å². The number of carbonyl (C=O) groups is 1. The maximum absolute atomic E-state index is 13.2. The van der Waals surface area contributed by atoms with Gasteiger partial charge < -0.3 is 10.2 Å². The Bertz CT molecular complexity index is 1270. The number of hydrogen-bond acceptors (Lipinski definition) is 1.